The number of nitrogens with two attached hydrogens (primary N) is 1. The van der Waals surface area contributed by atoms with Crippen LogP contribution in [0.3, 0.4) is 0 Å². The Kier molecular flexibility index (Phi) is 2.32. The minimum atomic E-state index is -0.410. The summed E-state index contributed by atoms with van der Waals surface area (Å²) in [5, 5.41) is 0. The summed E-state index contributed by atoms with van der Waals surface area (Å²) in [6.07, 6.45) is 0.996. The van der Waals surface area contributed by atoms with E-state index >= 15 is 0 Å². The quantitative estimate of drug-likeness (QED) is 0.635. The lowest BCUT2D eigenvalue weighted by Crippen LogP contribution is -2.51. The third-order valence-electron chi connectivity index (χ3n) is 2.26. The third kappa shape index (κ3) is 1.82. The minimum absolute atomic E-state index is 0.0244. The number of hydrogen-bond acceptors (Lipinski definition) is 2. The van der Waals surface area contributed by atoms with Crippen LogP contribution in [0, 0.1) is 0 Å². The fourth-order valence-electron chi connectivity index (χ4n) is 1.79. The molecule has 1 fully saturated rings. The smallest absolute Gasteiger partial charge is 0.240 e. The van der Waals surface area contributed by atoms with Crippen LogP contribution in [0.2, 0.25) is 0 Å². The van der Waals surface area contributed by atoms with E-state index in [1.54, 1.807) is 4.90 Å². The Morgan fingerprint density at radius 2 is 2.08 bits per heavy atom. The fourth-order valence-corrected chi connectivity index (χ4v) is 1.79. The zero-order valence-electron chi connectivity index (χ0n) is 8.33. The van der Waals surface area contributed by atoms with Gasteiger partial charge in [0.15, 0.2) is 0 Å². The summed E-state index contributed by atoms with van der Waals surface area (Å²) in [4.78, 5) is 24.1. The number of carbonyl (C=O) groups excluding carboxylic acids is 2. The van der Waals surface area contributed by atoms with Gasteiger partial charge in [0.2, 0.25) is 11.8 Å². The van der Waals surface area contributed by atoms with Gasteiger partial charge in [0.25, 0.3) is 0 Å². The Bertz CT molecular complexity index is 242. The molecule has 0 aromatic heterocycles. The lowest BCUT2D eigenvalue weighted by molar-refractivity contribution is -0.138. The molecule has 1 rings (SSSR count). The van der Waals surface area contributed by atoms with E-state index in [0.29, 0.717) is 12.8 Å². The van der Waals surface area contributed by atoms with Crippen LogP contribution in [0.25, 0.3) is 0 Å². The topological polar surface area (TPSA) is 63.4 Å². The van der Waals surface area contributed by atoms with E-state index in [9.17, 15) is 9.59 Å². The van der Waals surface area contributed by atoms with Crippen molar-refractivity contribution < 1.29 is 9.59 Å². The summed E-state index contributed by atoms with van der Waals surface area (Å²) >= 11 is 0. The van der Waals surface area contributed by atoms with Crippen molar-refractivity contribution in [3.8, 4) is 0 Å². The van der Waals surface area contributed by atoms with Gasteiger partial charge in [-0.1, -0.05) is 0 Å². The van der Waals surface area contributed by atoms with E-state index in [0.717, 1.165) is 0 Å². The summed E-state index contributed by atoms with van der Waals surface area (Å²) in [5.41, 5.74) is 4.90. The first kappa shape index (κ1) is 10.0. The van der Waals surface area contributed by atoms with Gasteiger partial charge in [-0.25, -0.2) is 0 Å². The van der Waals surface area contributed by atoms with Crippen molar-refractivity contribution in [2.24, 2.45) is 5.73 Å². The fraction of sp³-hybridized carbons (Fsp3) is 0.778. The van der Waals surface area contributed by atoms with Gasteiger partial charge >= 0.3 is 0 Å². The Morgan fingerprint density at radius 3 is 2.38 bits per heavy atom. The molecular weight excluding hydrogens is 168 g/mol. The molecule has 74 valence electrons. The van der Waals surface area contributed by atoms with E-state index < -0.39 is 11.9 Å². The van der Waals surface area contributed by atoms with E-state index in [2.05, 4.69) is 0 Å². The molecule has 0 aliphatic carbocycles. The first-order valence-corrected chi connectivity index (χ1v) is 4.45. The first-order valence-electron chi connectivity index (χ1n) is 4.45. The number of primary amides is 1. The molecule has 1 saturated heterocycles. The largest absolute Gasteiger partial charge is 0.368 e. The molecule has 0 bridgehead atoms. The molecule has 1 heterocycles. The number of rotatable bonds is 1. The zero-order valence-corrected chi connectivity index (χ0v) is 8.33. The number of amides is 2. The standard InChI is InChI=1S/C9H16N2O2/c1-9(2,3)11-6(8(10)13)4-5-7(11)12/h6H,4-5H2,1-3H3,(H2,10,13). The Labute approximate surface area is 78.1 Å². The van der Waals surface area contributed by atoms with Gasteiger partial charge in [0, 0.05) is 12.0 Å². The second-order valence-corrected chi connectivity index (χ2v) is 4.39. The molecule has 2 N–H and O–H groups in total. The second kappa shape index (κ2) is 3.01. The molecule has 4 heteroatoms. The van der Waals surface area contributed by atoms with Crippen LogP contribution < -0.4 is 5.73 Å². The highest BCUT2D eigenvalue weighted by atomic mass is 16.2. The van der Waals surface area contributed by atoms with Crippen LogP contribution in [-0.2, 0) is 9.59 Å². The maximum Gasteiger partial charge on any atom is 0.240 e. The summed E-state index contributed by atoms with van der Waals surface area (Å²) in [7, 11) is 0. The van der Waals surface area contributed by atoms with Crippen molar-refractivity contribution in [2.75, 3.05) is 0 Å². The summed E-state index contributed by atoms with van der Waals surface area (Å²) < 4.78 is 0. The van der Waals surface area contributed by atoms with Crippen LogP contribution in [0.5, 0.6) is 0 Å². The molecule has 0 saturated carbocycles. The molecule has 0 radical (unpaired) electrons. The highest BCUT2D eigenvalue weighted by Gasteiger charge is 2.40. The highest BCUT2D eigenvalue weighted by Crippen LogP contribution is 2.27. The van der Waals surface area contributed by atoms with Crippen molar-refractivity contribution in [1.82, 2.24) is 4.90 Å². The highest BCUT2D eigenvalue weighted by molar-refractivity contribution is 5.90. The van der Waals surface area contributed by atoms with E-state index in [-0.39, 0.29) is 11.4 Å². The van der Waals surface area contributed by atoms with Crippen LogP contribution >= 0.6 is 0 Å². The molecule has 0 spiro atoms. The first-order chi connectivity index (χ1) is 5.84. The van der Waals surface area contributed by atoms with Crippen LogP contribution in [-0.4, -0.2) is 28.3 Å². The zero-order chi connectivity index (χ0) is 10.2. The molecule has 1 unspecified atom stereocenters. The number of likely N-dealkylation sites (tertiary alicyclic amines) is 1. The lowest BCUT2D eigenvalue weighted by atomic mass is 10.0. The van der Waals surface area contributed by atoms with Gasteiger partial charge in [-0.2, -0.15) is 0 Å². The van der Waals surface area contributed by atoms with Crippen molar-refractivity contribution in [2.45, 2.75) is 45.2 Å². The average molecular weight is 184 g/mol. The van der Waals surface area contributed by atoms with Crippen molar-refractivity contribution in [3.63, 3.8) is 0 Å². The minimum Gasteiger partial charge on any atom is -0.368 e. The summed E-state index contributed by atoms with van der Waals surface area (Å²) in [6.45, 7) is 5.73. The van der Waals surface area contributed by atoms with Gasteiger partial charge in [-0.3, -0.25) is 9.59 Å². The molecule has 4 nitrogen and oxygen atoms in total. The number of nitrogens with zero attached hydrogens (tertiary/aromatic N) is 1. The van der Waals surface area contributed by atoms with Crippen molar-refractivity contribution in [3.05, 3.63) is 0 Å². The summed E-state index contributed by atoms with van der Waals surface area (Å²) in [5.74, 6) is -0.378. The normalized spacial score (nSPS) is 23.8. The molecule has 0 aromatic carbocycles. The summed E-state index contributed by atoms with van der Waals surface area (Å²) in [6, 6.07) is -0.410. The van der Waals surface area contributed by atoms with Gasteiger partial charge in [0.1, 0.15) is 6.04 Å². The lowest BCUT2D eigenvalue weighted by Gasteiger charge is -2.35. The monoisotopic (exact) mass is 184 g/mol. The molecule has 0 aromatic rings. The number of carbonyl (C=O) groups is 2. The van der Waals surface area contributed by atoms with Crippen molar-refractivity contribution >= 4 is 11.8 Å². The van der Waals surface area contributed by atoms with Crippen LogP contribution in [0.4, 0.5) is 0 Å². The maximum atomic E-state index is 11.5. The third-order valence-corrected chi connectivity index (χ3v) is 2.26. The molecule has 13 heavy (non-hydrogen) atoms. The Balaban J connectivity index is 2.90. The van der Waals surface area contributed by atoms with Crippen LogP contribution in [0.15, 0.2) is 0 Å². The SMILES string of the molecule is CC(C)(C)N1C(=O)CCC1C(N)=O. The average Bonchev–Trinajstić information content (AvgIpc) is 2.28. The second-order valence-electron chi connectivity index (χ2n) is 4.39. The Morgan fingerprint density at radius 1 is 1.54 bits per heavy atom. The predicted octanol–water partition coefficient (Wildman–Crippen LogP) is 0.261. The van der Waals surface area contributed by atoms with Gasteiger partial charge < -0.3 is 10.6 Å². The molecule has 2 amide bonds. The van der Waals surface area contributed by atoms with Crippen molar-refractivity contribution in [1.29, 1.82) is 0 Å². The van der Waals surface area contributed by atoms with Gasteiger partial charge in [0.05, 0.1) is 0 Å². The molecular formula is C9H16N2O2. The molecule has 1 aliphatic rings. The van der Waals surface area contributed by atoms with E-state index in [1.165, 1.54) is 0 Å². The van der Waals surface area contributed by atoms with Crippen LogP contribution in [0.1, 0.15) is 33.6 Å². The van der Waals surface area contributed by atoms with E-state index in [4.69, 9.17) is 5.73 Å². The van der Waals surface area contributed by atoms with Gasteiger partial charge in [-0.05, 0) is 27.2 Å². The maximum absolute atomic E-state index is 11.5. The molecule has 1 aliphatic heterocycles. The van der Waals surface area contributed by atoms with E-state index in [1.807, 2.05) is 20.8 Å². The predicted molar refractivity (Wildman–Crippen MR) is 48.8 cm³/mol. The molecule has 1 atom stereocenters. The Hall–Kier alpha value is -1.06. The van der Waals surface area contributed by atoms with Gasteiger partial charge in [-0.15, -0.1) is 0 Å². The number of hydrogen-bond donors (Lipinski definition) is 1.